The Hall–Kier alpha value is -2.62. The molecule has 0 fully saturated rings. The Morgan fingerprint density at radius 1 is 1.00 bits per heavy atom. The molecule has 0 aliphatic carbocycles. The second kappa shape index (κ2) is 6.02. The van der Waals surface area contributed by atoms with Gasteiger partial charge in [-0.3, -0.25) is 4.79 Å². The fourth-order valence-corrected chi connectivity index (χ4v) is 1.80. The fourth-order valence-electron chi connectivity index (χ4n) is 1.80. The molecule has 102 valence electrons. The molecule has 1 atom stereocenters. The van der Waals surface area contributed by atoms with Gasteiger partial charge < -0.3 is 9.84 Å². The molecule has 0 saturated heterocycles. The van der Waals surface area contributed by atoms with Crippen molar-refractivity contribution < 1.29 is 19.4 Å². The molecule has 2 aromatic carbocycles. The van der Waals surface area contributed by atoms with Crippen molar-refractivity contribution in [3.63, 3.8) is 0 Å². The highest BCUT2D eigenvalue weighted by Crippen LogP contribution is 2.27. The molecule has 0 heterocycles. The van der Waals surface area contributed by atoms with Gasteiger partial charge in [-0.15, -0.1) is 0 Å². The first-order chi connectivity index (χ1) is 9.59. The summed E-state index contributed by atoms with van der Waals surface area (Å²) >= 11 is 0. The predicted molar refractivity (Wildman–Crippen MR) is 73.9 cm³/mol. The standard InChI is InChI=1S/C16H14O4/c1-11(15(17)18)13-9-5-6-10-14(13)20-16(19)12-7-3-2-4-8-12/h2-11H,1H3,(H,17,18). The number of rotatable bonds is 4. The van der Waals surface area contributed by atoms with E-state index in [0.717, 1.165) is 0 Å². The highest BCUT2D eigenvalue weighted by Gasteiger charge is 2.19. The first-order valence-electron chi connectivity index (χ1n) is 6.18. The van der Waals surface area contributed by atoms with Gasteiger partial charge in [0.1, 0.15) is 5.75 Å². The zero-order valence-corrected chi connectivity index (χ0v) is 10.9. The van der Waals surface area contributed by atoms with Crippen molar-refractivity contribution in [3.8, 4) is 5.75 Å². The molecule has 0 radical (unpaired) electrons. The summed E-state index contributed by atoms with van der Waals surface area (Å²) in [5.74, 6) is -1.94. The molecule has 0 aliphatic rings. The average molecular weight is 270 g/mol. The second-order valence-corrected chi connectivity index (χ2v) is 4.35. The van der Waals surface area contributed by atoms with Gasteiger partial charge >= 0.3 is 11.9 Å². The lowest BCUT2D eigenvalue weighted by atomic mass is 10.0. The third-order valence-electron chi connectivity index (χ3n) is 2.97. The number of esters is 1. The quantitative estimate of drug-likeness (QED) is 0.685. The molecule has 4 heteroatoms. The van der Waals surface area contributed by atoms with Gasteiger partial charge in [0, 0.05) is 5.56 Å². The number of carboxylic acids is 1. The first-order valence-corrected chi connectivity index (χ1v) is 6.18. The zero-order chi connectivity index (χ0) is 14.5. The van der Waals surface area contributed by atoms with Crippen LogP contribution >= 0.6 is 0 Å². The van der Waals surface area contributed by atoms with E-state index in [0.29, 0.717) is 11.1 Å². The maximum absolute atomic E-state index is 12.0. The van der Waals surface area contributed by atoms with Crippen molar-refractivity contribution in [1.29, 1.82) is 0 Å². The molecule has 0 aliphatic heterocycles. The molecule has 4 nitrogen and oxygen atoms in total. The summed E-state index contributed by atoms with van der Waals surface area (Å²) in [6.45, 7) is 1.55. The van der Waals surface area contributed by atoms with Gasteiger partial charge in [-0.25, -0.2) is 4.79 Å². The summed E-state index contributed by atoms with van der Waals surface area (Å²) in [4.78, 5) is 23.1. The lowest BCUT2D eigenvalue weighted by Gasteiger charge is -2.12. The predicted octanol–water partition coefficient (Wildman–Crippen LogP) is 3.09. The van der Waals surface area contributed by atoms with Crippen LogP contribution in [0.25, 0.3) is 0 Å². The minimum atomic E-state index is -0.965. The Bertz CT molecular complexity index is 619. The molecule has 1 unspecified atom stereocenters. The van der Waals surface area contributed by atoms with Gasteiger partial charge in [0.2, 0.25) is 0 Å². The number of hydrogen-bond donors (Lipinski definition) is 1. The van der Waals surface area contributed by atoms with E-state index in [2.05, 4.69) is 0 Å². The van der Waals surface area contributed by atoms with Gasteiger partial charge in [-0.05, 0) is 25.1 Å². The van der Waals surface area contributed by atoms with Crippen molar-refractivity contribution in [1.82, 2.24) is 0 Å². The van der Waals surface area contributed by atoms with Crippen LogP contribution in [-0.4, -0.2) is 17.0 Å². The molecule has 0 aromatic heterocycles. The second-order valence-electron chi connectivity index (χ2n) is 4.35. The lowest BCUT2D eigenvalue weighted by molar-refractivity contribution is -0.138. The summed E-state index contributed by atoms with van der Waals surface area (Å²) in [5.41, 5.74) is 0.898. The van der Waals surface area contributed by atoms with Crippen LogP contribution in [-0.2, 0) is 4.79 Å². The number of hydrogen-bond acceptors (Lipinski definition) is 3. The number of carbonyl (C=O) groups excluding carboxylic acids is 1. The SMILES string of the molecule is CC(C(=O)O)c1ccccc1OC(=O)c1ccccc1. The smallest absolute Gasteiger partial charge is 0.343 e. The van der Waals surface area contributed by atoms with E-state index in [1.807, 2.05) is 0 Å². The lowest BCUT2D eigenvalue weighted by Crippen LogP contribution is -2.13. The number of carboxylic acid groups (broad SMARTS) is 1. The molecule has 2 aromatic rings. The molecule has 0 bridgehead atoms. The Morgan fingerprint density at radius 2 is 1.60 bits per heavy atom. The molecule has 1 N–H and O–H groups in total. The van der Waals surface area contributed by atoms with Crippen molar-refractivity contribution in [2.75, 3.05) is 0 Å². The summed E-state index contributed by atoms with van der Waals surface area (Å²) in [6, 6.07) is 15.2. The van der Waals surface area contributed by atoms with Gasteiger partial charge in [-0.2, -0.15) is 0 Å². The Morgan fingerprint density at radius 3 is 2.25 bits per heavy atom. The van der Waals surface area contributed by atoms with Crippen LogP contribution in [0.5, 0.6) is 5.75 Å². The van der Waals surface area contributed by atoms with Crippen LogP contribution in [0.15, 0.2) is 54.6 Å². The number of aliphatic carboxylic acids is 1. The van der Waals surface area contributed by atoms with E-state index in [9.17, 15) is 9.59 Å². The molecular weight excluding hydrogens is 256 g/mol. The van der Waals surface area contributed by atoms with Gasteiger partial charge in [0.25, 0.3) is 0 Å². The maximum atomic E-state index is 12.0. The van der Waals surface area contributed by atoms with Crippen LogP contribution in [0.4, 0.5) is 0 Å². The molecule has 0 amide bonds. The third-order valence-corrected chi connectivity index (χ3v) is 2.97. The van der Waals surface area contributed by atoms with E-state index in [4.69, 9.17) is 9.84 Å². The minimum Gasteiger partial charge on any atom is -0.481 e. The maximum Gasteiger partial charge on any atom is 0.343 e. The van der Waals surface area contributed by atoms with E-state index < -0.39 is 17.9 Å². The van der Waals surface area contributed by atoms with Crippen molar-refractivity contribution in [2.45, 2.75) is 12.8 Å². The normalized spacial score (nSPS) is 11.7. The topological polar surface area (TPSA) is 63.6 Å². The van der Waals surface area contributed by atoms with Gasteiger partial charge in [0.15, 0.2) is 0 Å². The molecule has 0 spiro atoms. The largest absolute Gasteiger partial charge is 0.481 e. The molecule has 2 rings (SSSR count). The summed E-state index contributed by atoms with van der Waals surface area (Å²) in [5, 5.41) is 9.07. The van der Waals surface area contributed by atoms with E-state index in [1.54, 1.807) is 61.5 Å². The Labute approximate surface area is 116 Å². The zero-order valence-electron chi connectivity index (χ0n) is 10.9. The number of benzene rings is 2. The van der Waals surface area contributed by atoms with E-state index >= 15 is 0 Å². The number of carbonyl (C=O) groups is 2. The highest BCUT2D eigenvalue weighted by atomic mass is 16.5. The van der Waals surface area contributed by atoms with Crippen LogP contribution in [0.2, 0.25) is 0 Å². The average Bonchev–Trinajstić information content (AvgIpc) is 2.48. The Balaban J connectivity index is 2.26. The number of ether oxygens (including phenoxy) is 1. The Kier molecular flexibility index (Phi) is 4.15. The molecule has 20 heavy (non-hydrogen) atoms. The van der Waals surface area contributed by atoms with Gasteiger partial charge in [0.05, 0.1) is 11.5 Å². The number of para-hydroxylation sites is 1. The van der Waals surface area contributed by atoms with Crippen LogP contribution in [0.1, 0.15) is 28.8 Å². The van der Waals surface area contributed by atoms with Crippen molar-refractivity contribution in [2.24, 2.45) is 0 Å². The fraction of sp³-hybridized carbons (Fsp3) is 0.125. The summed E-state index contributed by atoms with van der Waals surface area (Å²) in [7, 11) is 0. The van der Waals surface area contributed by atoms with Crippen molar-refractivity contribution >= 4 is 11.9 Å². The van der Waals surface area contributed by atoms with Crippen LogP contribution in [0.3, 0.4) is 0 Å². The first kappa shape index (κ1) is 13.8. The van der Waals surface area contributed by atoms with E-state index in [1.165, 1.54) is 0 Å². The van der Waals surface area contributed by atoms with Crippen molar-refractivity contribution in [3.05, 3.63) is 65.7 Å². The summed E-state index contributed by atoms with van der Waals surface area (Å²) in [6.07, 6.45) is 0. The molecular formula is C16H14O4. The monoisotopic (exact) mass is 270 g/mol. The van der Waals surface area contributed by atoms with Crippen LogP contribution < -0.4 is 4.74 Å². The minimum absolute atomic E-state index is 0.274. The highest BCUT2D eigenvalue weighted by molar-refractivity contribution is 5.91. The van der Waals surface area contributed by atoms with Gasteiger partial charge in [-0.1, -0.05) is 36.4 Å². The third kappa shape index (κ3) is 3.03. The molecule has 0 saturated carbocycles. The summed E-state index contributed by atoms with van der Waals surface area (Å²) < 4.78 is 5.30. The van der Waals surface area contributed by atoms with E-state index in [-0.39, 0.29) is 5.75 Å². The van der Waals surface area contributed by atoms with Crippen LogP contribution in [0, 0.1) is 0 Å².